The van der Waals surface area contributed by atoms with Crippen molar-refractivity contribution in [2.75, 3.05) is 26.3 Å². The molecular weight excluding hydrogens is 306 g/mol. The molecule has 1 atom stereocenters. The van der Waals surface area contributed by atoms with Crippen molar-refractivity contribution in [1.29, 1.82) is 0 Å². The van der Waals surface area contributed by atoms with Crippen LogP contribution in [0, 0.1) is 6.92 Å². The topological polar surface area (TPSA) is 71.5 Å². The Balaban J connectivity index is 1.78. The van der Waals surface area contributed by atoms with Gasteiger partial charge in [-0.3, -0.25) is 14.6 Å². The molecule has 6 heteroatoms. The van der Waals surface area contributed by atoms with E-state index in [2.05, 4.69) is 10.3 Å². The fourth-order valence-corrected chi connectivity index (χ4v) is 2.89. The number of aryl methyl sites for hydroxylation is 1. The number of hydrogen-bond acceptors (Lipinski definition) is 4. The molecule has 126 valence electrons. The summed E-state index contributed by atoms with van der Waals surface area (Å²) in [5.41, 5.74) is 2.08. The molecule has 2 amide bonds. The van der Waals surface area contributed by atoms with Crippen LogP contribution in [0.4, 0.5) is 0 Å². The summed E-state index contributed by atoms with van der Waals surface area (Å²) < 4.78 is 5.25. The predicted octanol–water partition coefficient (Wildman–Crippen LogP) is 1.52. The van der Waals surface area contributed by atoms with Crippen LogP contribution in [0.5, 0.6) is 0 Å². The van der Waals surface area contributed by atoms with Crippen molar-refractivity contribution in [3.8, 4) is 0 Å². The van der Waals surface area contributed by atoms with Gasteiger partial charge in [-0.25, -0.2) is 0 Å². The van der Waals surface area contributed by atoms with Crippen molar-refractivity contribution in [3.05, 3.63) is 41.6 Å². The quantitative estimate of drug-likeness (QED) is 0.928. The number of carbonyl (C=O) groups excluding carboxylic acids is 2. The maximum atomic E-state index is 12.7. The first-order valence-electron chi connectivity index (χ1n) is 8.10. The molecule has 1 saturated heterocycles. The van der Waals surface area contributed by atoms with Gasteiger partial charge in [0.2, 0.25) is 5.91 Å². The van der Waals surface area contributed by atoms with Crippen LogP contribution in [0.1, 0.15) is 23.0 Å². The zero-order valence-corrected chi connectivity index (χ0v) is 13.9. The molecule has 2 heterocycles. The van der Waals surface area contributed by atoms with Gasteiger partial charge in [-0.05, 0) is 26.0 Å². The van der Waals surface area contributed by atoms with E-state index >= 15 is 0 Å². The molecule has 1 fully saturated rings. The Labute approximate surface area is 140 Å². The largest absolute Gasteiger partial charge is 0.378 e. The van der Waals surface area contributed by atoms with E-state index in [1.54, 1.807) is 17.9 Å². The highest BCUT2D eigenvalue weighted by atomic mass is 16.5. The van der Waals surface area contributed by atoms with E-state index in [9.17, 15) is 9.59 Å². The predicted molar refractivity (Wildman–Crippen MR) is 90.8 cm³/mol. The second-order valence-corrected chi connectivity index (χ2v) is 5.96. The lowest BCUT2D eigenvalue weighted by molar-refractivity contribution is -0.136. The molecule has 1 aliphatic rings. The van der Waals surface area contributed by atoms with E-state index < -0.39 is 6.04 Å². The average molecular weight is 327 g/mol. The van der Waals surface area contributed by atoms with Crippen LogP contribution in [-0.4, -0.2) is 54.0 Å². The molecule has 2 aromatic rings. The van der Waals surface area contributed by atoms with Crippen LogP contribution in [0.2, 0.25) is 0 Å². The Morgan fingerprint density at radius 3 is 2.71 bits per heavy atom. The average Bonchev–Trinajstić information content (AvgIpc) is 2.60. The number of fused-ring (bicyclic) bond motifs is 1. The highest BCUT2D eigenvalue weighted by Crippen LogP contribution is 2.18. The van der Waals surface area contributed by atoms with E-state index in [4.69, 9.17) is 4.74 Å². The van der Waals surface area contributed by atoms with Crippen molar-refractivity contribution in [2.24, 2.45) is 0 Å². The summed E-state index contributed by atoms with van der Waals surface area (Å²) in [4.78, 5) is 31.3. The van der Waals surface area contributed by atoms with Gasteiger partial charge in [0, 0.05) is 24.2 Å². The van der Waals surface area contributed by atoms with Gasteiger partial charge >= 0.3 is 0 Å². The Morgan fingerprint density at radius 2 is 1.96 bits per heavy atom. The summed E-state index contributed by atoms with van der Waals surface area (Å²) in [6.45, 7) is 5.78. The Hall–Kier alpha value is -2.47. The van der Waals surface area contributed by atoms with E-state index in [-0.39, 0.29) is 11.8 Å². The highest BCUT2D eigenvalue weighted by Gasteiger charge is 2.24. The summed E-state index contributed by atoms with van der Waals surface area (Å²) in [5, 5.41) is 3.60. The zero-order chi connectivity index (χ0) is 17.1. The third-order valence-corrected chi connectivity index (χ3v) is 4.13. The summed E-state index contributed by atoms with van der Waals surface area (Å²) in [7, 11) is 0. The number of amides is 2. The van der Waals surface area contributed by atoms with Crippen LogP contribution in [0.15, 0.2) is 30.3 Å². The van der Waals surface area contributed by atoms with Gasteiger partial charge in [0.15, 0.2) is 0 Å². The van der Waals surface area contributed by atoms with Gasteiger partial charge in [0.1, 0.15) is 6.04 Å². The molecule has 0 radical (unpaired) electrons. The standard InChI is InChI=1S/C18H21N3O3/c1-12-11-15(14-5-3-4-6-16(14)19-12)17(22)20-13(2)18(23)21-7-9-24-10-8-21/h3-6,11,13H,7-10H2,1-2H3,(H,20,22)/t13-/m1/s1. The number of aromatic nitrogens is 1. The lowest BCUT2D eigenvalue weighted by Gasteiger charge is -2.29. The molecule has 0 spiro atoms. The minimum atomic E-state index is -0.581. The van der Waals surface area contributed by atoms with Gasteiger partial charge < -0.3 is 15.0 Å². The first kappa shape index (κ1) is 16.4. The summed E-state index contributed by atoms with van der Waals surface area (Å²) >= 11 is 0. The summed E-state index contributed by atoms with van der Waals surface area (Å²) in [5.74, 6) is -0.340. The number of nitrogens with one attached hydrogen (secondary N) is 1. The van der Waals surface area contributed by atoms with Gasteiger partial charge in [-0.1, -0.05) is 18.2 Å². The van der Waals surface area contributed by atoms with E-state index in [1.165, 1.54) is 0 Å². The smallest absolute Gasteiger partial charge is 0.252 e. The fourth-order valence-electron chi connectivity index (χ4n) is 2.89. The van der Waals surface area contributed by atoms with Crippen molar-refractivity contribution in [3.63, 3.8) is 0 Å². The van der Waals surface area contributed by atoms with E-state index in [1.807, 2.05) is 31.2 Å². The second-order valence-electron chi connectivity index (χ2n) is 5.96. The van der Waals surface area contributed by atoms with Crippen LogP contribution in [-0.2, 0) is 9.53 Å². The van der Waals surface area contributed by atoms with Crippen LogP contribution < -0.4 is 5.32 Å². The number of benzene rings is 1. The molecule has 1 aromatic carbocycles. The van der Waals surface area contributed by atoms with Gasteiger partial charge in [0.05, 0.1) is 24.3 Å². The number of ether oxygens (including phenoxy) is 1. The molecule has 0 bridgehead atoms. The second kappa shape index (κ2) is 6.97. The molecule has 1 N–H and O–H groups in total. The molecule has 3 rings (SSSR count). The lowest BCUT2D eigenvalue weighted by Crippen LogP contribution is -2.50. The summed E-state index contributed by atoms with van der Waals surface area (Å²) in [6, 6.07) is 8.68. The van der Waals surface area contributed by atoms with E-state index in [0.29, 0.717) is 31.9 Å². The van der Waals surface area contributed by atoms with E-state index in [0.717, 1.165) is 16.6 Å². The zero-order valence-electron chi connectivity index (χ0n) is 13.9. The number of rotatable bonds is 3. The number of carbonyl (C=O) groups is 2. The number of para-hydroxylation sites is 1. The molecule has 24 heavy (non-hydrogen) atoms. The van der Waals surface area contributed by atoms with Crippen molar-refractivity contribution >= 4 is 22.7 Å². The molecule has 6 nitrogen and oxygen atoms in total. The summed E-state index contributed by atoms with van der Waals surface area (Å²) in [6.07, 6.45) is 0. The van der Waals surface area contributed by atoms with Gasteiger partial charge in [-0.15, -0.1) is 0 Å². The molecule has 0 unspecified atom stereocenters. The molecule has 1 aromatic heterocycles. The Bertz CT molecular complexity index is 769. The Morgan fingerprint density at radius 1 is 1.25 bits per heavy atom. The maximum absolute atomic E-state index is 12.7. The third kappa shape index (κ3) is 3.38. The maximum Gasteiger partial charge on any atom is 0.252 e. The van der Waals surface area contributed by atoms with Crippen molar-refractivity contribution < 1.29 is 14.3 Å². The number of morpholine rings is 1. The SMILES string of the molecule is Cc1cc(C(=O)N[C@H](C)C(=O)N2CCOCC2)c2ccccc2n1. The number of nitrogens with zero attached hydrogens (tertiary/aromatic N) is 2. The first-order valence-corrected chi connectivity index (χ1v) is 8.10. The number of hydrogen-bond donors (Lipinski definition) is 1. The van der Waals surface area contributed by atoms with Crippen molar-refractivity contribution in [2.45, 2.75) is 19.9 Å². The van der Waals surface area contributed by atoms with Gasteiger partial charge in [-0.2, -0.15) is 0 Å². The number of pyridine rings is 1. The normalized spacial score (nSPS) is 16.0. The first-order chi connectivity index (χ1) is 11.6. The van der Waals surface area contributed by atoms with Crippen LogP contribution >= 0.6 is 0 Å². The van der Waals surface area contributed by atoms with Crippen LogP contribution in [0.25, 0.3) is 10.9 Å². The van der Waals surface area contributed by atoms with Gasteiger partial charge in [0.25, 0.3) is 5.91 Å². The van der Waals surface area contributed by atoms with Crippen LogP contribution in [0.3, 0.4) is 0 Å². The fraction of sp³-hybridized carbons (Fsp3) is 0.389. The molecule has 0 aliphatic carbocycles. The minimum absolute atomic E-state index is 0.0817. The molecule has 1 aliphatic heterocycles. The molecule has 0 saturated carbocycles. The monoisotopic (exact) mass is 327 g/mol. The molecular formula is C18H21N3O3. The van der Waals surface area contributed by atoms with Crippen molar-refractivity contribution in [1.82, 2.24) is 15.2 Å². The minimum Gasteiger partial charge on any atom is -0.378 e. The Kier molecular flexibility index (Phi) is 4.76. The lowest BCUT2D eigenvalue weighted by atomic mass is 10.1. The highest BCUT2D eigenvalue weighted by molar-refractivity contribution is 6.07. The third-order valence-electron chi connectivity index (χ3n) is 4.13.